The maximum atomic E-state index is 12.8. The van der Waals surface area contributed by atoms with Gasteiger partial charge in [0.1, 0.15) is 6.04 Å². The first-order valence-corrected chi connectivity index (χ1v) is 12.1. The highest BCUT2D eigenvalue weighted by atomic mass is 32.2. The molecule has 0 saturated carbocycles. The number of nitrogens with zero attached hydrogens (tertiary/aromatic N) is 1. The Morgan fingerprint density at radius 3 is 2.13 bits per heavy atom. The number of hydrogen-bond acceptors (Lipinski definition) is 4. The largest absolute Gasteiger partial charge is 0.354 e. The van der Waals surface area contributed by atoms with Gasteiger partial charge in [0.15, 0.2) is 0 Å². The second-order valence-electron chi connectivity index (χ2n) is 8.86. The summed E-state index contributed by atoms with van der Waals surface area (Å²) in [5.74, 6) is -0.360. The molecular weight excluding hydrogens is 402 g/mol. The summed E-state index contributed by atoms with van der Waals surface area (Å²) in [4.78, 5) is 25.5. The summed E-state index contributed by atoms with van der Waals surface area (Å²) in [6, 6.07) is 6.21. The predicted octanol–water partition coefficient (Wildman–Crippen LogP) is 2.31. The molecule has 168 valence electrons. The first-order valence-electron chi connectivity index (χ1n) is 10.7. The van der Waals surface area contributed by atoms with E-state index < -0.39 is 16.1 Å². The van der Waals surface area contributed by atoms with Crippen molar-refractivity contribution in [3.63, 3.8) is 0 Å². The van der Waals surface area contributed by atoms with Gasteiger partial charge < -0.3 is 10.6 Å². The summed E-state index contributed by atoms with van der Waals surface area (Å²) in [6.45, 7) is 10.9. The molecule has 1 heterocycles. The van der Waals surface area contributed by atoms with Crippen molar-refractivity contribution in [1.82, 2.24) is 14.9 Å². The molecule has 1 fully saturated rings. The van der Waals surface area contributed by atoms with Crippen molar-refractivity contribution in [2.75, 3.05) is 19.6 Å². The van der Waals surface area contributed by atoms with E-state index >= 15 is 0 Å². The van der Waals surface area contributed by atoms with Gasteiger partial charge in [0, 0.05) is 25.6 Å². The number of piperidine rings is 1. The van der Waals surface area contributed by atoms with Crippen LogP contribution in [-0.2, 0) is 19.6 Å². The standard InChI is InChI=1S/C22H35N3O4S/c1-15(2)14-23-22(27)20(16(3)4)24-21(26)18-10-12-25(13-11-18)30(28,29)19-8-6-17(5)7-9-19/h6-9,15-16,18,20H,10-14H2,1-5H3,(H,23,27)(H,24,26)/t20-/m0/s1. The van der Waals surface area contributed by atoms with Gasteiger partial charge in [-0.1, -0.05) is 45.4 Å². The Bertz CT molecular complexity index is 826. The van der Waals surface area contributed by atoms with Crippen LogP contribution in [0.25, 0.3) is 0 Å². The van der Waals surface area contributed by atoms with Crippen molar-refractivity contribution < 1.29 is 18.0 Å². The van der Waals surface area contributed by atoms with Gasteiger partial charge in [-0.2, -0.15) is 4.31 Å². The number of hydrogen-bond donors (Lipinski definition) is 2. The number of rotatable bonds is 8. The second-order valence-corrected chi connectivity index (χ2v) is 10.8. The van der Waals surface area contributed by atoms with Gasteiger partial charge in [0.25, 0.3) is 0 Å². The van der Waals surface area contributed by atoms with Gasteiger partial charge >= 0.3 is 0 Å². The Hall–Kier alpha value is -1.93. The van der Waals surface area contributed by atoms with Crippen LogP contribution in [0.3, 0.4) is 0 Å². The van der Waals surface area contributed by atoms with E-state index in [0.29, 0.717) is 38.4 Å². The zero-order valence-corrected chi connectivity index (χ0v) is 19.5. The van der Waals surface area contributed by atoms with Crippen LogP contribution in [0.1, 0.15) is 46.1 Å². The number of benzene rings is 1. The Kier molecular flexibility index (Phi) is 8.43. The highest BCUT2D eigenvalue weighted by Crippen LogP contribution is 2.24. The van der Waals surface area contributed by atoms with Crippen LogP contribution in [0.15, 0.2) is 29.2 Å². The molecule has 8 heteroatoms. The topological polar surface area (TPSA) is 95.6 Å². The van der Waals surface area contributed by atoms with Gasteiger partial charge in [-0.25, -0.2) is 8.42 Å². The van der Waals surface area contributed by atoms with Gasteiger partial charge in [-0.3, -0.25) is 9.59 Å². The van der Waals surface area contributed by atoms with Crippen molar-refractivity contribution in [1.29, 1.82) is 0 Å². The highest BCUT2D eigenvalue weighted by molar-refractivity contribution is 7.89. The lowest BCUT2D eigenvalue weighted by Gasteiger charge is -2.32. The minimum absolute atomic E-state index is 0.0388. The smallest absolute Gasteiger partial charge is 0.243 e. The molecule has 1 saturated heterocycles. The van der Waals surface area contributed by atoms with Crippen LogP contribution < -0.4 is 10.6 Å². The predicted molar refractivity (Wildman–Crippen MR) is 117 cm³/mol. The Balaban J connectivity index is 1.95. The molecule has 0 spiro atoms. The maximum absolute atomic E-state index is 12.8. The van der Waals surface area contributed by atoms with Crippen LogP contribution in [0.4, 0.5) is 0 Å². The Morgan fingerprint density at radius 2 is 1.63 bits per heavy atom. The van der Waals surface area contributed by atoms with Crippen molar-refractivity contribution in [3.8, 4) is 0 Å². The van der Waals surface area contributed by atoms with Crippen molar-refractivity contribution in [3.05, 3.63) is 29.8 Å². The highest BCUT2D eigenvalue weighted by Gasteiger charge is 2.34. The van der Waals surface area contributed by atoms with E-state index in [1.807, 2.05) is 34.6 Å². The molecule has 1 aromatic rings. The Labute approximate surface area is 180 Å². The van der Waals surface area contributed by atoms with Gasteiger partial charge in [0.2, 0.25) is 21.8 Å². The maximum Gasteiger partial charge on any atom is 0.243 e. The summed E-state index contributed by atoms with van der Waals surface area (Å²) in [7, 11) is -3.56. The van der Waals surface area contributed by atoms with E-state index in [1.165, 1.54) is 4.31 Å². The van der Waals surface area contributed by atoms with Crippen LogP contribution in [0, 0.1) is 24.7 Å². The third kappa shape index (κ3) is 6.28. The minimum Gasteiger partial charge on any atom is -0.354 e. The second kappa shape index (κ2) is 10.4. The van der Waals surface area contributed by atoms with E-state index in [0.717, 1.165) is 5.56 Å². The fraction of sp³-hybridized carbons (Fsp3) is 0.636. The van der Waals surface area contributed by atoms with E-state index in [-0.39, 0.29) is 28.5 Å². The average molecular weight is 438 g/mol. The lowest BCUT2D eigenvalue weighted by molar-refractivity contribution is -0.132. The lowest BCUT2D eigenvalue weighted by atomic mass is 9.95. The van der Waals surface area contributed by atoms with E-state index in [2.05, 4.69) is 10.6 Å². The molecule has 0 radical (unpaired) electrons. The first kappa shape index (κ1) is 24.3. The number of nitrogens with one attached hydrogen (secondary N) is 2. The number of amides is 2. The molecule has 0 aromatic heterocycles. The molecule has 0 bridgehead atoms. The van der Waals surface area contributed by atoms with Crippen LogP contribution in [0.5, 0.6) is 0 Å². The van der Waals surface area contributed by atoms with Gasteiger partial charge in [0.05, 0.1) is 4.90 Å². The fourth-order valence-corrected chi connectivity index (χ4v) is 4.91. The van der Waals surface area contributed by atoms with Crippen molar-refractivity contribution >= 4 is 21.8 Å². The van der Waals surface area contributed by atoms with E-state index in [1.54, 1.807) is 24.3 Å². The quantitative estimate of drug-likeness (QED) is 0.652. The summed E-state index contributed by atoms with van der Waals surface area (Å²) < 4.78 is 27.1. The molecule has 1 aliphatic rings. The summed E-state index contributed by atoms with van der Waals surface area (Å²) in [5, 5.41) is 5.76. The molecule has 0 aliphatic carbocycles. The monoisotopic (exact) mass is 437 g/mol. The minimum atomic E-state index is -3.56. The summed E-state index contributed by atoms with van der Waals surface area (Å²) >= 11 is 0. The molecule has 2 amide bonds. The van der Waals surface area contributed by atoms with Crippen LogP contribution in [0.2, 0.25) is 0 Å². The molecule has 30 heavy (non-hydrogen) atoms. The van der Waals surface area contributed by atoms with Gasteiger partial charge in [-0.15, -0.1) is 0 Å². The number of sulfonamides is 1. The van der Waals surface area contributed by atoms with Crippen LogP contribution >= 0.6 is 0 Å². The lowest BCUT2D eigenvalue weighted by Crippen LogP contribution is -2.53. The first-order chi connectivity index (χ1) is 14.0. The zero-order valence-electron chi connectivity index (χ0n) is 18.6. The number of aryl methyl sites for hydroxylation is 1. The van der Waals surface area contributed by atoms with Crippen LogP contribution in [-0.4, -0.2) is 50.2 Å². The molecule has 7 nitrogen and oxygen atoms in total. The van der Waals surface area contributed by atoms with Gasteiger partial charge in [-0.05, 0) is 43.7 Å². The third-order valence-electron chi connectivity index (χ3n) is 5.41. The third-order valence-corrected chi connectivity index (χ3v) is 7.33. The average Bonchev–Trinajstić information content (AvgIpc) is 2.70. The summed E-state index contributed by atoms with van der Waals surface area (Å²) in [5.41, 5.74) is 1.00. The van der Waals surface area contributed by atoms with E-state index in [4.69, 9.17) is 0 Å². The zero-order chi connectivity index (χ0) is 22.5. The SMILES string of the molecule is Cc1ccc(S(=O)(=O)N2CCC(C(=O)N[C@H](C(=O)NCC(C)C)C(C)C)CC2)cc1. The molecule has 1 atom stereocenters. The molecule has 1 aliphatic heterocycles. The molecule has 2 N–H and O–H groups in total. The molecule has 0 unspecified atom stereocenters. The number of carbonyl (C=O) groups is 2. The molecular formula is C22H35N3O4S. The number of carbonyl (C=O) groups excluding carboxylic acids is 2. The van der Waals surface area contributed by atoms with Crippen molar-refractivity contribution in [2.45, 2.75) is 58.4 Å². The molecule has 1 aromatic carbocycles. The Morgan fingerprint density at radius 1 is 1.07 bits per heavy atom. The molecule has 2 rings (SSSR count). The normalized spacial score (nSPS) is 17.2. The van der Waals surface area contributed by atoms with E-state index in [9.17, 15) is 18.0 Å². The van der Waals surface area contributed by atoms with Crippen molar-refractivity contribution in [2.24, 2.45) is 17.8 Å². The fourth-order valence-electron chi connectivity index (χ4n) is 3.44. The summed E-state index contributed by atoms with van der Waals surface area (Å²) in [6.07, 6.45) is 0.880.